The van der Waals surface area contributed by atoms with Crippen molar-refractivity contribution in [2.75, 3.05) is 57.3 Å². The predicted octanol–water partition coefficient (Wildman–Crippen LogP) is 0.710. The molecule has 0 unspecified atom stereocenters. The Morgan fingerprint density at radius 2 is 2.00 bits per heavy atom. The number of nitrogens with zero attached hydrogens (tertiary/aromatic N) is 3. The van der Waals surface area contributed by atoms with Gasteiger partial charge in [0, 0.05) is 58.4 Å². The summed E-state index contributed by atoms with van der Waals surface area (Å²) < 4.78 is 0. The lowest BCUT2D eigenvalue weighted by molar-refractivity contribution is -0.121. The molecule has 0 aliphatic carbocycles. The van der Waals surface area contributed by atoms with Gasteiger partial charge in [0.25, 0.3) is 0 Å². The molecule has 128 valence electrons. The van der Waals surface area contributed by atoms with Crippen molar-refractivity contribution >= 4 is 11.7 Å². The maximum absolute atomic E-state index is 11.8. The number of piperazine rings is 1. The zero-order valence-corrected chi connectivity index (χ0v) is 14.1. The molecule has 1 aromatic rings. The molecule has 1 amide bonds. The van der Waals surface area contributed by atoms with E-state index >= 15 is 0 Å². The Morgan fingerprint density at radius 1 is 1.17 bits per heavy atom. The van der Waals surface area contributed by atoms with Crippen LogP contribution in [0.4, 0.5) is 5.82 Å². The van der Waals surface area contributed by atoms with Crippen molar-refractivity contribution in [3.05, 3.63) is 24.4 Å². The van der Waals surface area contributed by atoms with Crippen LogP contribution in [-0.2, 0) is 4.79 Å². The second-order valence-electron chi connectivity index (χ2n) is 5.87. The number of rotatable bonds is 9. The van der Waals surface area contributed by atoms with Gasteiger partial charge in [0.05, 0.1) is 0 Å². The summed E-state index contributed by atoms with van der Waals surface area (Å²) in [5.74, 6) is 1.19. The van der Waals surface area contributed by atoms with Crippen LogP contribution in [0.2, 0.25) is 0 Å². The molecule has 0 spiro atoms. The molecule has 1 aliphatic rings. The third kappa shape index (κ3) is 6.54. The normalized spacial score (nSPS) is 15.6. The second-order valence-corrected chi connectivity index (χ2v) is 5.87. The Bertz CT molecular complexity index is 446. The van der Waals surface area contributed by atoms with E-state index < -0.39 is 0 Å². The van der Waals surface area contributed by atoms with Gasteiger partial charge >= 0.3 is 0 Å². The molecule has 6 nitrogen and oxygen atoms in total. The lowest BCUT2D eigenvalue weighted by Gasteiger charge is -2.35. The molecule has 1 fully saturated rings. The highest BCUT2D eigenvalue weighted by Gasteiger charge is 2.18. The van der Waals surface area contributed by atoms with Gasteiger partial charge in [-0.1, -0.05) is 13.0 Å². The molecular formula is C17H29N5O. The minimum atomic E-state index is 0.149. The average molecular weight is 319 g/mol. The highest BCUT2D eigenvalue weighted by molar-refractivity contribution is 5.76. The van der Waals surface area contributed by atoms with Crippen molar-refractivity contribution in [3.63, 3.8) is 0 Å². The summed E-state index contributed by atoms with van der Waals surface area (Å²) in [6.07, 6.45) is 3.54. The molecule has 0 radical (unpaired) electrons. The lowest BCUT2D eigenvalue weighted by atomic mass is 10.2. The van der Waals surface area contributed by atoms with E-state index in [1.54, 1.807) is 0 Å². The number of carbonyl (C=O) groups is 1. The van der Waals surface area contributed by atoms with E-state index in [1.165, 1.54) is 0 Å². The third-order valence-corrected chi connectivity index (χ3v) is 4.05. The molecule has 2 rings (SSSR count). The zero-order valence-electron chi connectivity index (χ0n) is 14.1. The highest BCUT2D eigenvalue weighted by atomic mass is 16.1. The standard InChI is InChI=1S/C17H29N5O/c1-2-7-18-9-10-20-17(23)6-11-21-12-14-22(15-13-21)16-5-3-4-8-19-16/h3-5,8,18H,2,6-7,9-15H2,1H3,(H,20,23). The van der Waals surface area contributed by atoms with Gasteiger partial charge in [-0.2, -0.15) is 0 Å². The second kappa shape index (κ2) is 10.2. The SMILES string of the molecule is CCCNCCNC(=O)CCN1CCN(c2ccccn2)CC1. The van der Waals surface area contributed by atoms with Gasteiger partial charge in [-0.3, -0.25) is 9.69 Å². The number of hydrogen-bond donors (Lipinski definition) is 2. The molecule has 6 heteroatoms. The lowest BCUT2D eigenvalue weighted by Crippen LogP contribution is -2.47. The summed E-state index contributed by atoms with van der Waals surface area (Å²) in [6.45, 7) is 9.47. The number of amides is 1. The Kier molecular flexibility index (Phi) is 7.83. The Labute approximate surface area is 139 Å². The number of pyridine rings is 1. The highest BCUT2D eigenvalue weighted by Crippen LogP contribution is 2.12. The first-order valence-electron chi connectivity index (χ1n) is 8.65. The van der Waals surface area contributed by atoms with Crippen LogP contribution in [0.15, 0.2) is 24.4 Å². The van der Waals surface area contributed by atoms with E-state index in [9.17, 15) is 4.79 Å². The van der Waals surface area contributed by atoms with E-state index in [4.69, 9.17) is 0 Å². The van der Waals surface area contributed by atoms with Crippen molar-refractivity contribution in [2.45, 2.75) is 19.8 Å². The Hall–Kier alpha value is -1.66. The van der Waals surface area contributed by atoms with Crippen LogP contribution in [0.3, 0.4) is 0 Å². The number of nitrogens with one attached hydrogen (secondary N) is 2. The molecule has 23 heavy (non-hydrogen) atoms. The van der Waals surface area contributed by atoms with Gasteiger partial charge in [-0.05, 0) is 25.1 Å². The Morgan fingerprint density at radius 3 is 2.70 bits per heavy atom. The largest absolute Gasteiger partial charge is 0.355 e. The minimum Gasteiger partial charge on any atom is -0.355 e. The zero-order chi connectivity index (χ0) is 16.3. The topological polar surface area (TPSA) is 60.5 Å². The van der Waals surface area contributed by atoms with Crippen molar-refractivity contribution in [3.8, 4) is 0 Å². The molecule has 1 aromatic heterocycles. The fraction of sp³-hybridized carbons (Fsp3) is 0.647. The average Bonchev–Trinajstić information content (AvgIpc) is 2.61. The van der Waals surface area contributed by atoms with Crippen molar-refractivity contribution in [1.29, 1.82) is 0 Å². The molecule has 0 saturated carbocycles. The van der Waals surface area contributed by atoms with E-state index in [0.29, 0.717) is 13.0 Å². The van der Waals surface area contributed by atoms with Gasteiger partial charge < -0.3 is 15.5 Å². The monoisotopic (exact) mass is 319 g/mol. The van der Waals surface area contributed by atoms with E-state index in [-0.39, 0.29) is 5.91 Å². The predicted molar refractivity (Wildman–Crippen MR) is 93.7 cm³/mol. The molecule has 0 aromatic carbocycles. The van der Waals surface area contributed by atoms with Gasteiger partial charge in [0.1, 0.15) is 5.82 Å². The van der Waals surface area contributed by atoms with E-state index in [1.807, 2.05) is 18.3 Å². The van der Waals surface area contributed by atoms with Gasteiger partial charge in [-0.15, -0.1) is 0 Å². The summed E-state index contributed by atoms with van der Waals surface area (Å²) in [6, 6.07) is 6.01. The molecule has 0 atom stereocenters. The first-order valence-corrected chi connectivity index (χ1v) is 8.65. The Balaban J connectivity index is 1.57. The molecule has 1 saturated heterocycles. The number of aromatic nitrogens is 1. The van der Waals surface area contributed by atoms with E-state index in [0.717, 1.165) is 58.1 Å². The summed E-state index contributed by atoms with van der Waals surface area (Å²) in [5, 5.41) is 6.25. The summed E-state index contributed by atoms with van der Waals surface area (Å²) in [5.41, 5.74) is 0. The summed E-state index contributed by atoms with van der Waals surface area (Å²) in [4.78, 5) is 20.9. The molecule has 1 aliphatic heterocycles. The summed E-state index contributed by atoms with van der Waals surface area (Å²) in [7, 11) is 0. The van der Waals surface area contributed by atoms with Crippen molar-refractivity contribution in [1.82, 2.24) is 20.5 Å². The van der Waals surface area contributed by atoms with Gasteiger partial charge in [0.15, 0.2) is 0 Å². The summed E-state index contributed by atoms with van der Waals surface area (Å²) >= 11 is 0. The quantitative estimate of drug-likeness (QED) is 0.657. The van der Waals surface area contributed by atoms with Crippen LogP contribution >= 0.6 is 0 Å². The van der Waals surface area contributed by atoms with Crippen LogP contribution in [0.25, 0.3) is 0 Å². The van der Waals surface area contributed by atoms with E-state index in [2.05, 4.69) is 38.4 Å². The van der Waals surface area contributed by atoms with Gasteiger partial charge in [0.2, 0.25) is 5.91 Å². The van der Waals surface area contributed by atoms with Crippen LogP contribution in [0.1, 0.15) is 19.8 Å². The molecule has 2 N–H and O–H groups in total. The van der Waals surface area contributed by atoms with Crippen LogP contribution in [-0.4, -0.2) is 68.1 Å². The fourth-order valence-corrected chi connectivity index (χ4v) is 2.68. The molecule has 0 bridgehead atoms. The third-order valence-electron chi connectivity index (χ3n) is 4.05. The minimum absolute atomic E-state index is 0.149. The van der Waals surface area contributed by atoms with Gasteiger partial charge in [-0.25, -0.2) is 4.98 Å². The first-order chi connectivity index (χ1) is 11.3. The number of anilines is 1. The fourth-order valence-electron chi connectivity index (χ4n) is 2.68. The van der Waals surface area contributed by atoms with Crippen molar-refractivity contribution in [2.24, 2.45) is 0 Å². The molecular weight excluding hydrogens is 290 g/mol. The number of hydrogen-bond acceptors (Lipinski definition) is 5. The van der Waals surface area contributed by atoms with Crippen LogP contribution in [0, 0.1) is 0 Å². The van der Waals surface area contributed by atoms with Crippen molar-refractivity contribution < 1.29 is 4.79 Å². The maximum atomic E-state index is 11.8. The number of carbonyl (C=O) groups excluding carboxylic acids is 1. The maximum Gasteiger partial charge on any atom is 0.221 e. The first kappa shape index (κ1) is 17.7. The van der Waals surface area contributed by atoms with Crippen LogP contribution < -0.4 is 15.5 Å². The van der Waals surface area contributed by atoms with Crippen LogP contribution in [0.5, 0.6) is 0 Å². The molecule has 2 heterocycles. The smallest absolute Gasteiger partial charge is 0.221 e.